The average Bonchev–Trinajstić information content (AvgIpc) is 2.78. The van der Waals surface area contributed by atoms with Crippen molar-refractivity contribution in [2.75, 3.05) is 14.1 Å². The number of rotatable bonds is 6. The van der Waals surface area contributed by atoms with E-state index < -0.39 is 21.8 Å². The maximum Gasteiger partial charge on any atom is 0.269 e. The Bertz CT molecular complexity index is 1170. The Kier molecular flexibility index (Phi) is 6.84. The molecule has 0 aromatic heterocycles. The van der Waals surface area contributed by atoms with Gasteiger partial charge in [0.25, 0.3) is 5.91 Å². The van der Waals surface area contributed by atoms with E-state index in [4.69, 9.17) is 0 Å². The summed E-state index contributed by atoms with van der Waals surface area (Å²) in [5.74, 6) is -0.999. The van der Waals surface area contributed by atoms with Gasteiger partial charge in [0, 0.05) is 19.7 Å². The van der Waals surface area contributed by atoms with Crippen molar-refractivity contribution in [2.45, 2.75) is 11.3 Å². The quantitative estimate of drug-likeness (QED) is 0.580. The summed E-state index contributed by atoms with van der Waals surface area (Å²) in [7, 11) is -0.840. The van der Waals surface area contributed by atoms with Crippen molar-refractivity contribution in [3.63, 3.8) is 0 Å². The number of hydrogen-bond donors (Lipinski definition) is 2. The lowest BCUT2D eigenvalue weighted by Crippen LogP contribution is -2.42. The van der Waals surface area contributed by atoms with Gasteiger partial charge in [-0.1, -0.05) is 60.7 Å². The Morgan fingerprint density at radius 2 is 1.45 bits per heavy atom. The van der Waals surface area contributed by atoms with E-state index in [0.29, 0.717) is 0 Å². The van der Waals surface area contributed by atoms with Crippen LogP contribution in [0.25, 0.3) is 11.1 Å². The zero-order valence-corrected chi connectivity index (χ0v) is 18.0. The van der Waals surface area contributed by atoms with E-state index in [9.17, 15) is 18.0 Å². The molecule has 0 aliphatic heterocycles. The molecule has 0 saturated carbocycles. The molecular weight excluding hydrogens is 414 g/mol. The van der Waals surface area contributed by atoms with E-state index in [1.165, 1.54) is 38.4 Å². The lowest BCUT2D eigenvalue weighted by atomic mass is 10.0. The SMILES string of the molecule is CN(C)S(=O)(=O)c1cccc(C(=O)NNC(=O)Cc2ccc(-c3ccccc3)cc2)c1. The molecule has 0 radical (unpaired) electrons. The molecule has 0 aliphatic carbocycles. The van der Waals surface area contributed by atoms with E-state index in [2.05, 4.69) is 10.9 Å². The van der Waals surface area contributed by atoms with Crippen LogP contribution in [0.15, 0.2) is 83.8 Å². The fourth-order valence-electron chi connectivity index (χ4n) is 2.88. The summed E-state index contributed by atoms with van der Waals surface area (Å²) in [6.45, 7) is 0. The lowest BCUT2D eigenvalue weighted by molar-refractivity contribution is -0.121. The summed E-state index contributed by atoms with van der Waals surface area (Å²) in [5.41, 5.74) is 7.73. The van der Waals surface area contributed by atoms with Crippen LogP contribution in [-0.4, -0.2) is 38.6 Å². The highest BCUT2D eigenvalue weighted by molar-refractivity contribution is 7.89. The molecule has 0 fully saturated rings. The number of nitrogens with one attached hydrogen (secondary N) is 2. The molecule has 3 rings (SSSR count). The summed E-state index contributed by atoms with van der Waals surface area (Å²) in [5, 5.41) is 0. The van der Waals surface area contributed by atoms with Crippen LogP contribution in [0.5, 0.6) is 0 Å². The van der Waals surface area contributed by atoms with Gasteiger partial charge >= 0.3 is 0 Å². The number of nitrogens with zero attached hydrogens (tertiary/aromatic N) is 1. The maximum atomic E-state index is 12.3. The first-order chi connectivity index (χ1) is 14.8. The van der Waals surface area contributed by atoms with Gasteiger partial charge in [0.1, 0.15) is 0 Å². The number of carbonyl (C=O) groups is 2. The molecule has 0 heterocycles. The Labute approximate surface area is 181 Å². The first-order valence-electron chi connectivity index (χ1n) is 9.53. The Hall–Kier alpha value is -3.49. The monoisotopic (exact) mass is 437 g/mol. The Morgan fingerprint density at radius 3 is 2.10 bits per heavy atom. The minimum absolute atomic E-state index is 0.00465. The molecule has 8 heteroatoms. The summed E-state index contributed by atoms with van der Waals surface area (Å²) < 4.78 is 25.5. The normalized spacial score (nSPS) is 11.2. The van der Waals surface area contributed by atoms with Gasteiger partial charge in [-0.05, 0) is 34.9 Å². The van der Waals surface area contributed by atoms with Gasteiger partial charge in [-0.15, -0.1) is 0 Å². The fraction of sp³-hybridized carbons (Fsp3) is 0.130. The number of benzene rings is 3. The second-order valence-electron chi connectivity index (χ2n) is 7.06. The summed E-state index contributed by atoms with van der Waals surface area (Å²) in [6, 6.07) is 23.1. The molecule has 0 aliphatic rings. The van der Waals surface area contributed by atoms with Gasteiger partial charge in [0.05, 0.1) is 11.3 Å². The molecule has 2 amide bonds. The molecule has 31 heavy (non-hydrogen) atoms. The molecule has 0 saturated heterocycles. The fourth-order valence-corrected chi connectivity index (χ4v) is 3.83. The highest BCUT2D eigenvalue weighted by Crippen LogP contribution is 2.19. The minimum atomic E-state index is -3.66. The van der Waals surface area contributed by atoms with E-state index in [0.717, 1.165) is 21.0 Å². The molecule has 3 aromatic carbocycles. The van der Waals surface area contributed by atoms with Crippen molar-refractivity contribution in [3.05, 3.63) is 90.0 Å². The number of amides is 2. The maximum absolute atomic E-state index is 12.3. The van der Waals surface area contributed by atoms with Crippen molar-refractivity contribution >= 4 is 21.8 Å². The van der Waals surface area contributed by atoms with Gasteiger partial charge in [-0.25, -0.2) is 12.7 Å². The van der Waals surface area contributed by atoms with Crippen LogP contribution in [-0.2, 0) is 21.2 Å². The third-order valence-corrected chi connectivity index (χ3v) is 6.43. The van der Waals surface area contributed by atoms with Crippen LogP contribution < -0.4 is 10.9 Å². The topological polar surface area (TPSA) is 95.6 Å². The first kappa shape index (κ1) is 22.2. The number of hydrogen-bond acceptors (Lipinski definition) is 4. The molecule has 0 atom stereocenters. The third kappa shape index (κ3) is 5.56. The van der Waals surface area contributed by atoms with Crippen LogP contribution in [0.2, 0.25) is 0 Å². The third-order valence-electron chi connectivity index (χ3n) is 4.62. The number of carbonyl (C=O) groups excluding carboxylic acids is 2. The zero-order valence-electron chi connectivity index (χ0n) is 17.2. The summed E-state index contributed by atoms with van der Waals surface area (Å²) in [4.78, 5) is 24.5. The molecule has 7 nitrogen and oxygen atoms in total. The molecule has 3 aromatic rings. The van der Waals surface area contributed by atoms with E-state index in [1.54, 1.807) is 0 Å². The Balaban J connectivity index is 1.58. The molecule has 160 valence electrons. The standard InChI is InChI=1S/C23H23N3O4S/c1-26(2)31(29,30)21-10-6-9-20(16-21)23(28)25-24-22(27)15-17-11-13-19(14-12-17)18-7-4-3-5-8-18/h3-14,16H,15H2,1-2H3,(H,24,27)(H,25,28). The zero-order chi connectivity index (χ0) is 22.4. The second kappa shape index (κ2) is 9.55. The van der Waals surface area contributed by atoms with Gasteiger partial charge in [0.15, 0.2) is 0 Å². The van der Waals surface area contributed by atoms with Crippen LogP contribution in [0, 0.1) is 0 Å². The average molecular weight is 438 g/mol. The molecule has 0 spiro atoms. The van der Waals surface area contributed by atoms with E-state index in [-0.39, 0.29) is 16.9 Å². The lowest BCUT2D eigenvalue weighted by Gasteiger charge is -2.12. The van der Waals surface area contributed by atoms with Crippen molar-refractivity contribution in [3.8, 4) is 11.1 Å². The molecule has 0 bridgehead atoms. The largest absolute Gasteiger partial charge is 0.273 e. The van der Waals surface area contributed by atoms with Gasteiger partial charge in [-0.3, -0.25) is 20.4 Å². The smallest absolute Gasteiger partial charge is 0.269 e. The summed E-state index contributed by atoms with van der Waals surface area (Å²) >= 11 is 0. The first-order valence-corrected chi connectivity index (χ1v) is 11.0. The van der Waals surface area contributed by atoms with Crippen molar-refractivity contribution in [1.82, 2.24) is 15.2 Å². The van der Waals surface area contributed by atoms with Crippen LogP contribution in [0.1, 0.15) is 15.9 Å². The Morgan fingerprint density at radius 1 is 0.806 bits per heavy atom. The van der Waals surface area contributed by atoms with Crippen LogP contribution >= 0.6 is 0 Å². The molecule has 2 N–H and O–H groups in total. The number of sulfonamides is 1. The second-order valence-corrected chi connectivity index (χ2v) is 9.21. The van der Waals surface area contributed by atoms with E-state index in [1.807, 2.05) is 54.6 Å². The van der Waals surface area contributed by atoms with Crippen LogP contribution in [0.3, 0.4) is 0 Å². The van der Waals surface area contributed by atoms with Gasteiger partial charge in [-0.2, -0.15) is 0 Å². The minimum Gasteiger partial charge on any atom is -0.273 e. The predicted molar refractivity (Wildman–Crippen MR) is 119 cm³/mol. The van der Waals surface area contributed by atoms with Gasteiger partial charge < -0.3 is 0 Å². The van der Waals surface area contributed by atoms with Crippen molar-refractivity contribution < 1.29 is 18.0 Å². The predicted octanol–water partition coefficient (Wildman–Crippen LogP) is 2.61. The van der Waals surface area contributed by atoms with Gasteiger partial charge in [0.2, 0.25) is 15.9 Å². The van der Waals surface area contributed by atoms with E-state index >= 15 is 0 Å². The molecule has 0 unspecified atom stereocenters. The highest BCUT2D eigenvalue weighted by atomic mass is 32.2. The van der Waals surface area contributed by atoms with Crippen LogP contribution in [0.4, 0.5) is 0 Å². The van der Waals surface area contributed by atoms with Crippen molar-refractivity contribution in [1.29, 1.82) is 0 Å². The number of hydrazine groups is 1. The summed E-state index contributed by atoms with van der Waals surface area (Å²) in [6.07, 6.45) is 0.0877. The molecular formula is C23H23N3O4S. The highest BCUT2D eigenvalue weighted by Gasteiger charge is 2.19. The van der Waals surface area contributed by atoms with Crippen molar-refractivity contribution in [2.24, 2.45) is 0 Å².